The molecule has 0 N–H and O–H groups in total. The third kappa shape index (κ3) is 9.73. The molecule has 0 rings (SSSR count). The molecule has 4 heavy (non-hydrogen) atoms. The molecule has 0 saturated carbocycles. The fourth-order valence-electron chi connectivity index (χ4n) is 0. The zero-order valence-corrected chi connectivity index (χ0v) is 5.66. The topological polar surface area (TPSA) is 0 Å². The van der Waals surface area contributed by atoms with Gasteiger partial charge in [0.25, 0.3) is 0 Å². The molecule has 0 spiro atoms. The van der Waals surface area contributed by atoms with E-state index in [4.69, 9.17) is 0 Å². The lowest BCUT2D eigenvalue weighted by Crippen LogP contribution is -1.42. The second-order valence-electron chi connectivity index (χ2n) is 0.267. The highest BCUT2D eigenvalue weighted by atomic mass is 127. The van der Waals surface area contributed by atoms with Gasteiger partial charge in [-0.25, -0.2) is 0 Å². The summed E-state index contributed by atoms with van der Waals surface area (Å²) >= 11 is 2.81. The van der Waals surface area contributed by atoms with Crippen LogP contribution in [-0.4, -0.2) is 16.5 Å². The first-order valence-electron chi connectivity index (χ1n) is 0.974. The first-order valence-corrected chi connectivity index (χ1v) is 7.50. The summed E-state index contributed by atoms with van der Waals surface area (Å²) in [5, 5.41) is 2.25. The summed E-state index contributed by atoms with van der Waals surface area (Å²) in [6.07, 6.45) is 0. The van der Waals surface area contributed by atoms with Crippen molar-refractivity contribution in [3.63, 3.8) is 0 Å². The lowest BCUT2D eigenvalue weighted by molar-refractivity contribution is 2.39. The van der Waals surface area contributed by atoms with Gasteiger partial charge >= 0.3 is 16.5 Å². The average molecular weight is 182 g/mol. The molecule has 0 radical (unpaired) electrons. The second kappa shape index (κ2) is 8.82. The summed E-state index contributed by atoms with van der Waals surface area (Å²) in [7, 11) is 0. The Balaban J connectivity index is 0. The Morgan fingerprint density at radius 2 is 1.75 bits per heavy atom. The molecular formula is C2H7IMg. The summed E-state index contributed by atoms with van der Waals surface area (Å²) in [4.78, 5) is 0. The van der Waals surface area contributed by atoms with E-state index < -0.39 is 0 Å². The summed E-state index contributed by atoms with van der Waals surface area (Å²) in [6.45, 7) is 0. The predicted molar refractivity (Wildman–Crippen MR) is 32.4 cm³/mol. The van der Waals surface area contributed by atoms with Crippen molar-refractivity contribution in [2.45, 2.75) is 12.5 Å². The van der Waals surface area contributed by atoms with Gasteiger partial charge in [0.1, 0.15) is 0 Å². The zero-order chi connectivity index (χ0) is 2.71. The van der Waals surface area contributed by atoms with Crippen LogP contribution < -0.4 is 0 Å². The van der Waals surface area contributed by atoms with E-state index >= 15 is 0 Å². The van der Waals surface area contributed by atoms with E-state index in [0.717, 1.165) is 0 Å². The minimum atomic E-state index is 0. The molecular weight excluding hydrogens is 175 g/mol. The SMILES string of the molecule is C.[CH3][Mg][I]. The summed E-state index contributed by atoms with van der Waals surface area (Å²) in [6, 6.07) is 0. The van der Waals surface area contributed by atoms with Crippen LogP contribution in [0.15, 0.2) is 0 Å². The van der Waals surface area contributed by atoms with Gasteiger partial charge < -0.3 is 18.9 Å². The van der Waals surface area contributed by atoms with Crippen molar-refractivity contribution < 1.29 is 0 Å². The van der Waals surface area contributed by atoms with Crippen LogP contribution in [0, 0.1) is 0 Å². The van der Waals surface area contributed by atoms with E-state index in [1.807, 2.05) is 0 Å². The van der Waals surface area contributed by atoms with Gasteiger partial charge in [0.2, 0.25) is 0 Å². The van der Waals surface area contributed by atoms with Crippen LogP contribution in [0.1, 0.15) is 7.43 Å². The Labute approximate surface area is 47.5 Å². The van der Waals surface area contributed by atoms with Gasteiger partial charge in [-0.2, -0.15) is 0 Å². The highest BCUT2D eigenvalue weighted by molar-refractivity contribution is 14.1. The van der Waals surface area contributed by atoms with Crippen LogP contribution >= 0.6 is 18.9 Å². The van der Waals surface area contributed by atoms with Crippen LogP contribution in [0.3, 0.4) is 0 Å². The fraction of sp³-hybridized carbons (Fsp3) is 1.00. The number of hydrogen-bond acceptors (Lipinski definition) is 0. The third-order valence-electron chi connectivity index (χ3n) is 0. The largest absolute Gasteiger partial charge is 0.460 e. The van der Waals surface area contributed by atoms with Gasteiger partial charge in [-0.3, -0.25) is 0 Å². The third-order valence-corrected chi connectivity index (χ3v) is 0. The van der Waals surface area contributed by atoms with Gasteiger partial charge in [0.05, 0.1) is 0 Å². The van der Waals surface area contributed by atoms with E-state index in [9.17, 15) is 0 Å². The molecule has 0 aliphatic heterocycles. The van der Waals surface area contributed by atoms with E-state index in [0.29, 0.717) is 16.5 Å². The maximum Gasteiger partial charge on any atom is 0.460 e. The van der Waals surface area contributed by atoms with Gasteiger partial charge in [-0.1, -0.05) is 7.43 Å². The Morgan fingerprint density at radius 3 is 1.75 bits per heavy atom. The molecule has 0 bridgehead atoms. The molecule has 0 amide bonds. The molecule has 0 atom stereocenters. The predicted octanol–water partition coefficient (Wildman–Crippen LogP) is 1.72. The lowest BCUT2D eigenvalue weighted by Gasteiger charge is -1.34. The van der Waals surface area contributed by atoms with Gasteiger partial charge in [0.15, 0.2) is 0 Å². The fourth-order valence-corrected chi connectivity index (χ4v) is 0. The van der Waals surface area contributed by atoms with Crippen LogP contribution in [0.4, 0.5) is 0 Å². The lowest BCUT2D eigenvalue weighted by atomic mass is 11.9. The van der Waals surface area contributed by atoms with Gasteiger partial charge in [0, 0.05) is 0 Å². The maximum atomic E-state index is 2.43. The van der Waals surface area contributed by atoms with Crippen molar-refractivity contribution in [2.75, 3.05) is 0 Å². The summed E-state index contributed by atoms with van der Waals surface area (Å²) in [5.74, 6) is 0. The molecule has 0 aromatic heterocycles. The number of hydrogen-bond donors (Lipinski definition) is 0. The first-order chi connectivity index (χ1) is 1.41. The smallest absolute Gasteiger partial charge is 0.301 e. The van der Waals surface area contributed by atoms with Crippen molar-refractivity contribution in [2.24, 2.45) is 0 Å². The van der Waals surface area contributed by atoms with Gasteiger partial charge in [-0.15, -0.1) is 5.05 Å². The van der Waals surface area contributed by atoms with E-state index in [1.54, 1.807) is 0 Å². The van der Waals surface area contributed by atoms with Crippen molar-refractivity contribution in [3.05, 3.63) is 0 Å². The zero-order valence-electron chi connectivity index (χ0n) is 2.09. The van der Waals surface area contributed by atoms with Crippen LogP contribution in [0.25, 0.3) is 0 Å². The molecule has 0 fully saturated rings. The summed E-state index contributed by atoms with van der Waals surface area (Å²) in [5.41, 5.74) is 0. The van der Waals surface area contributed by atoms with Crippen molar-refractivity contribution >= 4 is 35.3 Å². The quantitative estimate of drug-likeness (QED) is 0.395. The van der Waals surface area contributed by atoms with Gasteiger partial charge in [-0.05, 0) is 0 Å². The molecule has 0 heterocycles. The molecule has 0 aromatic carbocycles. The molecule has 0 nitrogen and oxygen atoms in total. The van der Waals surface area contributed by atoms with Crippen LogP contribution in [0.5, 0.6) is 0 Å². The maximum absolute atomic E-state index is 2.43. The van der Waals surface area contributed by atoms with Crippen molar-refractivity contribution in [3.8, 4) is 0 Å². The minimum absolute atomic E-state index is 0. The van der Waals surface area contributed by atoms with Crippen molar-refractivity contribution in [1.82, 2.24) is 0 Å². The number of halogens is 1. The molecule has 0 saturated heterocycles. The van der Waals surface area contributed by atoms with E-state index in [-0.39, 0.29) is 7.43 Å². The highest BCUT2D eigenvalue weighted by Gasteiger charge is 1.58. The Bertz CT molecular complexity index is 6.00. The molecule has 0 unspecified atom stereocenters. The average Bonchev–Trinajstić information content (AvgIpc) is 0.918. The first kappa shape index (κ1) is 9.09. The standard InChI is InChI=1S/CH4.CH3.HI.Mg/h1H4;1H3;1H;/q;;;+1/p-1. The molecule has 2 heteroatoms. The monoisotopic (exact) mass is 182 g/mol. The molecule has 0 aromatic rings. The Kier molecular flexibility index (Phi) is 20.0. The number of rotatable bonds is 0. The van der Waals surface area contributed by atoms with Crippen LogP contribution in [0.2, 0.25) is 5.05 Å². The van der Waals surface area contributed by atoms with Crippen molar-refractivity contribution in [1.29, 1.82) is 0 Å². The Hall–Kier alpha value is 1.50. The van der Waals surface area contributed by atoms with Crippen LogP contribution in [-0.2, 0) is 0 Å². The second-order valence-corrected chi connectivity index (χ2v) is 5.38. The van der Waals surface area contributed by atoms with E-state index in [2.05, 4.69) is 23.9 Å². The minimum Gasteiger partial charge on any atom is -0.301 e. The molecule has 24 valence electrons. The highest BCUT2D eigenvalue weighted by Crippen LogP contribution is 1.64. The molecule has 0 aliphatic rings. The Morgan fingerprint density at radius 1 is 1.75 bits per heavy atom. The van der Waals surface area contributed by atoms with E-state index in [1.165, 1.54) is 0 Å². The normalized spacial score (nSPS) is 2.50. The molecule has 0 aliphatic carbocycles. The summed E-state index contributed by atoms with van der Waals surface area (Å²) < 4.78 is 0.